The first-order valence-corrected chi connectivity index (χ1v) is 10.9. The fourth-order valence-electron chi connectivity index (χ4n) is 3.98. The van der Waals surface area contributed by atoms with Crippen LogP contribution in [0.3, 0.4) is 0 Å². The van der Waals surface area contributed by atoms with Gasteiger partial charge in [0, 0.05) is 23.3 Å². The Morgan fingerprint density at radius 2 is 2.07 bits per heavy atom. The van der Waals surface area contributed by atoms with Gasteiger partial charge in [-0.25, -0.2) is 4.99 Å². The summed E-state index contributed by atoms with van der Waals surface area (Å²) in [6.45, 7) is 6.84. The van der Waals surface area contributed by atoms with Crippen molar-refractivity contribution in [2.45, 2.75) is 38.6 Å². The average Bonchev–Trinajstić information content (AvgIpc) is 2.98. The summed E-state index contributed by atoms with van der Waals surface area (Å²) in [5, 5.41) is 4.02. The van der Waals surface area contributed by atoms with Crippen molar-refractivity contribution in [1.82, 2.24) is 5.32 Å². The van der Waals surface area contributed by atoms with Gasteiger partial charge in [0.2, 0.25) is 0 Å². The van der Waals surface area contributed by atoms with Crippen LogP contribution in [0, 0.1) is 0 Å². The molecule has 29 heavy (non-hydrogen) atoms. The highest BCUT2D eigenvalue weighted by molar-refractivity contribution is 8.18. The van der Waals surface area contributed by atoms with Crippen LogP contribution in [0.1, 0.15) is 44.2 Å². The Balaban J connectivity index is 1.60. The Kier molecular flexibility index (Phi) is 5.21. The van der Waals surface area contributed by atoms with Crippen LogP contribution in [0.4, 0.5) is 11.4 Å². The zero-order chi connectivity index (χ0) is 20.8. The number of amidine groups is 1. The van der Waals surface area contributed by atoms with Gasteiger partial charge in [0.05, 0.1) is 10.6 Å². The first-order valence-electron chi connectivity index (χ1n) is 9.66. The standard InChI is InChI=1S/C23H24ClN3OS/c1-14-13-23(2,3)27(4)19-9-8-15(10-18(14)19)11-20-21(28)26-22(29-20)25-17-7-5-6-16(24)12-17/h5-12,14H,13H2,1-4H3,(H,25,26,28)/b20-11-. The summed E-state index contributed by atoms with van der Waals surface area (Å²) in [6, 6.07) is 13.7. The lowest BCUT2D eigenvalue weighted by atomic mass is 9.80. The van der Waals surface area contributed by atoms with Crippen molar-refractivity contribution in [3.8, 4) is 0 Å². The van der Waals surface area contributed by atoms with Gasteiger partial charge in [-0.15, -0.1) is 0 Å². The van der Waals surface area contributed by atoms with Gasteiger partial charge in [0.25, 0.3) is 5.91 Å². The summed E-state index contributed by atoms with van der Waals surface area (Å²) in [5.41, 5.74) is 4.49. The number of nitrogens with one attached hydrogen (secondary N) is 1. The molecule has 2 aliphatic rings. The van der Waals surface area contributed by atoms with E-state index in [0.717, 1.165) is 17.7 Å². The van der Waals surface area contributed by atoms with Crippen LogP contribution in [0.5, 0.6) is 0 Å². The molecule has 2 aliphatic heterocycles. The third kappa shape index (κ3) is 4.07. The highest BCUT2D eigenvalue weighted by atomic mass is 35.5. The normalized spacial score (nSPS) is 23.4. The minimum Gasteiger partial charge on any atom is -0.369 e. The van der Waals surface area contributed by atoms with Crippen molar-refractivity contribution in [3.63, 3.8) is 0 Å². The van der Waals surface area contributed by atoms with E-state index in [2.05, 4.69) is 61.2 Å². The van der Waals surface area contributed by atoms with Gasteiger partial charge in [-0.3, -0.25) is 4.79 Å². The molecule has 1 fully saturated rings. The summed E-state index contributed by atoms with van der Waals surface area (Å²) in [4.78, 5) is 19.9. The van der Waals surface area contributed by atoms with Crippen molar-refractivity contribution in [1.29, 1.82) is 0 Å². The predicted octanol–water partition coefficient (Wildman–Crippen LogP) is 5.95. The smallest absolute Gasteiger partial charge is 0.264 e. The number of anilines is 1. The zero-order valence-electron chi connectivity index (χ0n) is 17.0. The quantitative estimate of drug-likeness (QED) is 0.604. The zero-order valence-corrected chi connectivity index (χ0v) is 18.6. The molecule has 0 aliphatic carbocycles. The molecule has 1 amide bonds. The number of thioether (sulfide) groups is 1. The van der Waals surface area contributed by atoms with Gasteiger partial charge in [-0.2, -0.15) is 0 Å². The second kappa shape index (κ2) is 7.54. The Hall–Kier alpha value is -2.24. The molecule has 0 radical (unpaired) electrons. The number of rotatable bonds is 2. The summed E-state index contributed by atoms with van der Waals surface area (Å²) < 4.78 is 0. The fourth-order valence-corrected chi connectivity index (χ4v) is 5.01. The molecule has 0 aromatic heterocycles. The van der Waals surface area contributed by atoms with Gasteiger partial charge in [-0.1, -0.05) is 30.7 Å². The minimum atomic E-state index is -0.125. The Morgan fingerprint density at radius 3 is 2.83 bits per heavy atom. The molecule has 0 spiro atoms. The summed E-state index contributed by atoms with van der Waals surface area (Å²) in [6.07, 6.45) is 3.04. The molecule has 4 nitrogen and oxygen atoms in total. The Morgan fingerprint density at radius 1 is 1.28 bits per heavy atom. The number of carbonyl (C=O) groups is 1. The summed E-state index contributed by atoms with van der Waals surface area (Å²) in [5.74, 6) is 0.347. The average molecular weight is 426 g/mol. The molecule has 1 N–H and O–H groups in total. The third-order valence-corrected chi connectivity index (χ3v) is 6.79. The lowest BCUT2D eigenvalue weighted by Gasteiger charge is -2.45. The second-order valence-electron chi connectivity index (χ2n) is 8.26. The molecule has 4 rings (SSSR count). The lowest BCUT2D eigenvalue weighted by Crippen LogP contribution is -2.45. The Bertz CT molecular complexity index is 1040. The van der Waals surface area contributed by atoms with Crippen LogP contribution in [-0.4, -0.2) is 23.7 Å². The van der Waals surface area contributed by atoms with E-state index in [0.29, 0.717) is 21.0 Å². The molecule has 1 unspecified atom stereocenters. The maximum atomic E-state index is 12.4. The molecular formula is C23H24ClN3OS. The molecule has 1 atom stereocenters. The predicted molar refractivity (Wildman–Crippen MR) is 124 cm³/mol. The van der Waals surface area contributed by atoms with Crippen LogP contribution in [0.15, 0.2) is 52.4 Å². The lowest BCUT2D eigenvalue weighted by molar-refractivity contribution is -0.115. The van der Waals surface area contributed by atoms with E-state index < -0.39 is 0 Å². The first-order chi connectivity index (χ1) is 13.7. The topological polar surface area (TPSA) is 44.7 Å². The number of carbonyl (C=O) groups excluding carboxylic acids is 1. The molecular weight excluding hydrogens is 402 g/mol. The molecule has 0 saturated carbocycles. The largest absolute Gasteiger partial charge is 0.369 e. The number of aliphatic imine (C=N–C) groups is 1. The molecule has 0 bridgehead atoms. The van der Waals surface area contributed by atoms with E-state index in [9.17, 15) is 4.79 Å². The van der Waals surface area contributed by atoms with Gasteiger partial charge < -0.3 is 10.2 Å². The van der Waals surface area contributed by atoms with Crippen LogP contribution in [-0.2, 0) is 4.79 Å². The molecule has 2 heterocycles. The van der Waals surface area contributed by atoms with E-state index in [4.69, 9.17) is 11.6 Å². The van der Waals surface area contributed by atoms with Crippen molar-refractivity contribution < 1.29 is 4.79 Å². The maximum Gasteiger partial charge on any atom is 0.264 e. The number of benzene rings is 2. The highest BCUT2D eigenvalue weighted by Gasteiger charge is 2.34. The third-order valence-electron chi connectivity index (χ3n) is 5.65. The van der Waals surface area contributed by atoms with E-state index in [-0.39, 0.29) is 11.4 Å². The number of fused-ring (bicyclic) bond motifs is 1. The molecule has 150 valence electrons. The van der Waals surface area contributed by atoms with Crippen LogP contribution >= 0.6 is 23.4 Å². The maximum absolute atomic E-state index is 12.4. The van der Waals surface area contributed by atoms with Crippen LogP contribution in [0.2, 0.25) is 5.02 Å². The Labute approximate surface area is 181 Å². The number of halogens is 1. The van der Waals surface area contributed by atoms with E-state index >= 15 is 0 Å². The van der Waals surface area contributed by atoms with Crippen molar-refractivity contribution >= 4 is 51.9 Å². The van der Waals surface area contributed by atoms with Gasteiger partial charge in [0.1, 0.15) is 0 Å². The van der Waals surface area contributed by atoms with Gasteiger partial charge >= 0.3 is 0 Å². The van der Waals surface area contributed by atoms with Crippen molar-refractivity contribution in [2.75, 3.05) is 11.9 Å². The van der Waals surface area contributed by atoms with E-state index in [1.165, 1.54) is 23.0 Å². The SMILES string of the molecule is CC1CC(C)(C)N(C)c2ccc(/C=C3\SC(=Nc4cccc(Cl)c4)NC3=O)cc21. The molecule has 2 aromatic carbocycles. The van der Waals surface area contributed by atoms with Crippen molar-refractivity contribution in [2.24, 2.45) is 4.99 Å². The van der Waals surface area contributed by atoms with Crippen LogP contribution in [0.25, 0.3) is 6.08 Å². The molecule has 2 aromatic rings. The first kappa shape index (κ1) is 20.0. The van der Waals surface area contributed by atoms with E-state index in [1.54, 1.807) is 12.1 Å². The molecule has 6 heteroatoms. The van der Waals surface area contributed by atoms with Gasteiger partial charge in [0.15, 0.2) is 5.17 Å². The summed E-state index contributed by atoms with van der Waals surface area (Å²) >= 11 is 7.36. The van der Waals surface area contributed by atoms with Crippen LogP contribution < -0.4 is 10.2 Å². The van der Waals surface area contributed by atoms with Gasteiger partial charge in [-0.05, 0) is 85.5 Å². The number of hydrogen-bond donors (Lipinski definition) is 1. The van der Waals surface area contributed by atoms with Crippen molar-refractivity contribution in [3.05, 3.63) is 63.5 Å². The number of amides is 1. The van der Waals surface area contributed by atoms with E-state index in [1.807, 2.05) is 18.2 Å². The minimum absolute atomic E-state index is 0.125. The number of hydrogen-bond acceptors (Lipinski definition) is 4. The second-order valence-corrected chi connectivity index (χ2v) is 9.72. The summed E-state index contributed by atoms with van der Waals surface area (Å²) in [7, 11) is 2.15. The number of nitrogens with zero attached hydrogens (tertiary/aromatic N) is 2. The molecule has 1 saturated heterocycles. The highest BCUT2D eigenvalue weighted by Crippen LogP contribution is 2.43. The fraction of sp³-hybridized carbons (Fsp3) is 0.304. The monoisotopic (exact) mass is 425 g/mol.